The van der Waals surface area contributed by atoms with Gasteiger partial charge in [0.25, 0.3) is 0 Å². The van der Waals surface area contributed by atoms with Gasteiger partial charge in [0.1, 0.15) is 0 Å². The molecule has 18 heavy (non-hydrogen) atoms. The van der Waals surface area contributed by atoms with Crippen LogP contribution < -0.4 is 16.4 Å². The van der Waals surface area contributed by atoms with E-state index in [2.05, 4.69) is 10.6 Å². The zero-order valence-electron chi connectivity index (χ0n) is 10.2. The minimum absolute atomic E-state index is 0.132. The van der Waals surface area contributed by atoms with E-state index in [0.29, 0.717) is 10.7 Å². The van der Waals surface area contributed by atoms with Crippen molar-refractivity contribution in [1.82, 2.24) is 5.32 Å². The minimum atomic E-state index is -0.358. The van der Waals surface area contributed by atoms with Gasteiger partial charge in [-0.3, -0.25) is 0 Å². The molecule has 6 heteroatoms. The van der Waals surface area contributed by atoms with E-state index in [4.69, 9.17) is 29.6 Å². The fourth-order valence-corrected chi connectivity index (χ4v) is 1.96. The van der Waals surface area contributed by atoms with Gasteiger partial charge in [0.05, 0.1) is 11.0 Å². The third-order valence-corrected chi connectivity index (χ3v) is 2.83. The van der Waals surface area contributed by atoms with Crippen LogP contribution in [0.1, 0.15) is 13.8 Å². The van der Waals surface area contributed by atoms with Crippen LogP contribution in [0.2, 0.25) is 5.02 Å². The summed E-state index contributed by atoms with van der Waals surface area (Å²) in [5.74, 6) is 0.132. The molecule has 1 aromatic rings. The van der Waals surface area contributed by atoms with E-state index in [1.165, 1.54) is 0 Å². The Hall–Kier alpha value is -1.33. The summed E-state index contributed by atoms with van der Waals surface area (Å²) in [5, 5.41) is 5.96. The number of urea groups is 1. The van der Waals surface area contributed by atoms with Crippen LogP contribution >= 0.6 is 23.8 Å². The van der Waals surface area contributed by atoms with Crippen molar-refractivity contribution in [1.29, 1.82) is 0 Å². The lowest BCUT2D eigenvalue weighted by molar-refractivity contribution is 0.248. The first kappa shape index (κ1) is 14.7. The largest absolute Gasteiger partial charge is 0.392 e. The fraction of sp³-hybridized carbons (Fsp3) is 0.333. The average Bonchev–Trinajstić information content (AvgIpc) is 2.25. The average molecular weight is 286 g/mol. The first-order valence-corrected chi connectivity index (χ1v) is 6.31. The van der Waals surface area contributed by atoms with E-state index < -0.39 is 0 Å². The molecule has 0 fully saturated rings. The second kappa shape index (κ2) is 6.56. The third kappa shape index (κ3) is 4.50. The predicted octanol–water partition coefficient (Wildman–Crippen LogP) is 2.77. The lowest BCUT2D eigenvalue weighted by Gasteiger charge is -2.21. The Morgan fingerprint density at radius 1 is 1.44 bits per heavy atom. The number of carbonyl (C=O) groups excluding carboxylic acids is 1. The topological polar surface area (TPSA) is 67.2 Å². The molecule has 0 saturated carbocycles. The molecular formula is C12H16ClN3OS. The maximum atomic E-state index is 11.8. The van der Waals surface area contributed by atoms with Crippen LogP contribution in [-0.4, -0.2) is 17.1 Å². The Balaban J connectivity index is 2.63. The van der Waals surface area contributed by atoms with Gasteiger partial charge in [-0.2, -0.15) is 0 Å². The number of nitrogens with two attached hydrogens (primary N) is 1. The highest BCUT2D eigenvalue weighted by molar-refractivity contribution is 7.80. The van der Waals surface area contributed by atoms with Gasteiger partial charge >= 0.3 is 6.03 Å². The second-order valence-electron chi connectivity index (χ2n) is 4.23. The molecule has 1 rings (SSSR count). The summed E-state index contributed by atoms with van der Waals surface area (Å²) in [7, 11) is 0. The summed E-state index contributed by atoms with van der Waals surface area (Å²) >= 11 is 10.7. The molecule has 1 atom stereocenters. The molecule has 1 aromatic carbocycles. The smallest absolute Gasteiger partial charge is 0.319 e. The van der Waals surface area contributed by atoms with E-state index in [1.54, 1.807) is 24.3 Å². The summed E-state index contributed by atoms with van der Waals surface area (Å²) in [6, 6.07) is 6.20. The molecule has 0 spiro atoms. The zero-order chi connectivity index (χ0) is 13.7. The standard InChI is InChI=1S/C12H16ClN3OS/c1-7(2)10(11(14)18)16-12(17)15-9-5-3-4-8(13)6-9/h3-7,10H,1-2H3,(H2,14,18)(H2,15,16,17). The van der Waals surface area contributed by atoms with Gasteiger partial charge in [0.2, 0.25) is 0 Å². The number of benzene rings is 1. The van der Waals surface area contributed by atoms with Gasteiger partial charge in [0, 0.05) is 10.7 Å². The number of thiocarbonyl (C=S) groups is 1. The molecule has 0 radical (unpaired) electrons. The van der Waals surface area contributed by atoms with Crippen LogP contribution in [-0.2, 0) is 0 Å². The molecule has 0 aromatic heterocycles. The number of amides is 2. The minimum Gasteiger partial charge on any atom is -0.392 e. The van der Waals surface area contributed by atoms with E-state index >= 15 is 0 Å². The highest BCUT2D eigenvalue weighted by atomic mass is 35.5. The van der Waals surface area contributed by atoms with Crippen molar-refractivity contribution in [3.8, 4) is 0 Å². The zero-order valence-corrected chi connectivity index (χ0v) is 11.8. The Kier molecular flexibility index (Phi) is 5.37. The maximum absolute atomic E-state index is 11.8. The van der Waals surface area contributed by atoms with Crippen molar-refractivity contribution in [2.45, 2.75) is 19.9 Å². The van der Waals surface area contributed by atoms with Crippen molar-refractivity contribution in [2.24, 2.45) is 11.7 Å². The SMILES string of the molecule is CC(C)C(NC(=O)Nc1cccc(Cl)c1)C(N)=S. The normalized spacial score (nSPS) is 12.0. The molecule has 0 aliphatic carbocycles. The predicted molar refractivity (Wildman–Crippen MR) is 79.0 cm³/mol. The van der Waals surface area contributed by atoms with E-state index in [1.807, 2.05) is 13.8 Å². The summed E-state index contributed by atoms with van der Waals surface area (Å²) < 4.78 is 0. The number of anilines is 1. The highest BCUT2D eigenvalue weighted by Gasteiger charge is 2.18. The number of carbonyl (C=O) groups is 1. The van der Waals surface area contributed by atoms with E-state index in [-0.39, 0.29) is 23.0 Å². The Labute approximate surface area is 117 Å². The van der Waals surface area contributed by atoms with Crippen molar-refractivity contribution in [3.63, 3.8) is 0 Å². The van der Waals surface area contributed by atoms with Crippen molar-refractivity contribution in [2.75, 3.05) is 5.32 Å². The van der Waals surface area contributed by atoms with Crippen LogP contribution in [0.4, 0.5) is 10.5 Å². The first-order valence-electron chi connectivity index (χ1n) is 5.52. The molecule has 0 bridgehead atoms. The van der Waals surface area contributed by atoms with Crippen LogP contribution in [0.25, 0.3) is 0 Å². The fourth-order valence-electron chi connectivity index (χ4n) is 1.44. The Morgan fingerprint density at radius 3 is 2.61 bits per heavy atom. The van der Waals surface area contributed by atoms with Crippen LogP contribution in [0.5, 0.6) is 0 Å². The number of hydrogen-bond acceptors (Lipinski definition) is 2. The van der Waals surface area contributed by atoms with Gasteiger partial charge in [-0.05, 0) is 24.1 Å². The molecule has 0 aliphatic rings. The molecule has 4 nitrogen and oxygen atoms in total. The first-order chi connectivity index (χ1) is 8.40. The van der Waals surface area contributed by atoms with Gasteiger partial charge in [-0.1, -0.05) is 43.7 Å². The molecule has 98 valence electrons. The van der Waals surface area contributed by atoms with Crippen molar-refractivity contribution >= 4 is 40.5 Å². The van der Waals surface area contributed by atoms with Gasteiger partial charge < -0.3 is 16.4 Å². The molecule has 0 heterocycles. The monoisotopic (exact) mass is 285 g/mol. The molecule has 4 N–H and O–H groups in total. The Morgan fingerprint density at radius 2 is 2.11 bits per heavy atom. The lowest BCUT2D eigenvalue weighted by atomic mass is 10.1. The quantitative estimate of drug-likeness (QED) is 0.745. The molecule has 2 amide bonds. The summed E-state index contributed by atoms with van der Waals surface area (Å²) in [5.41, 5.74) is 6.19. The highest BCUT2D eigenvalue weighted by Crippen LogP contribution is 2.14. The van der Waals surface area contributed by atoms with E-state index in [9.17, 15) is 4.79 Å². The Bertz CT molecular complexity index is 451. The molecule has 0 saturated heterocycles. The second-order valence-corrected chi connectivity index (χ2v) is 5.14. The molecular weight excluding hydrogens is 270 g/mol. The number of halogens is 1. The lowest BCUT2D eigenvalue weighted by Crippen LogP contribution is -2.48. The summed E-state index contributed by atoms with van der Waals surface area (Å²) in [6.45, 7) is 3.87. The van der Waals surface area contributed by atoms with Gasteiger partial charge in [-0.25, -0.2) is 4.79 Å². The molecule has 1 unspecified atom stereocenters. The van der Waals surface area contributed by atoms with Crippen LogP contribution in [0, 0.1) is 5.92 Å². The third-order valence-electron chi connectivity index (χ3n) is 2.34. The van der Waals surface area contributed by atoms with E-state index in [0.717, 1.165) is 0 Å². The summed E-state index contributed by atoms with van der Waals surface area (Å²) in [6.07, 6.45) is 0. The summed E-state index contributed by atoms with van der Waals surface area (Å²) in [4.78, 5) is 12.0. The molecule has 0 aliphatic heterocycles. The van der Waals surface area contributed by atoms with Crippen molar-refractivity contribution < 1.29 is 4.79 Å². The van der Waals surface area contributed by atoms with Crippen LogP contribution in [0.3, 0.4) is 0 Å². The van der Waals surface area contributed by atoms with Crippen molar-refractivity contribution in [3.05, 3.63) is 29.3 Å². The van der Waals surface area contributed by atoms with Gasteiger partial charge in [0.15, 0.2) is 0 Å². The van der Waals surface area contributed by atoms with Crippen LogP contribution in [0.15, 0.2) is 24.3 Å². The number of hydrogen-bond donors (Lipinski definition) is 3. The number of rotatable bonds is 4. The number of nitrogens with one attached hydrogen (secondary N) is 2. The maximum Gasteiger partial charge on any atom is 0.319 e. The van der Waals surface area contributed by atoms with Gasteiger partial charge in [-0.15, -0.1) is 0 Å².